The molecule has 3 nitrogen and oxygen atoms in total. The normalized spacial score (nSPS) is 11.3. The molecule has 0 aromatic heterocycles. The largest absolute Gasteiger partial charge is 0.416 e. The topological polar surface area (TPSA) is 32.3 Å². The lowest BCUT2D eigenvalue weighted by Gasteiger charge is -2.20. The molecule has 0 atom stereocenters. The number of amides is 2. The third-order valence-electron chi connectivity index (χ3n) is 2.84. The summed E-state index contributed by atoms with van der Waals surface area (Å²) in [4.78, 5) is 13.2. The van der Waals surface area contributed by atoms with Gasteiger partial charge in [0, 0.05) is 18.8 Å². The molecule has 0 spiro atoms. The monoisotopic (exact) mass is 274 g/mol. The Bertz CT molecular complexity index is 454. The average molecular weight is 274 g/mol. The van der Waals surface area contributed by atoms with E-state index in [0.29, 0.717) is 13.1 Å². The van der Waals surface area contributed by atoms with Gasteiger partial charge < -0.3 is 10.2 Å². The molecule has 0 unspecified atom stereocenters. The zero-order valence-electron chi connectivity index (χ0n) is 11.1. The van der Waals surface area contributed by atoms with E-state index in [1.165, 1.54) is 24.0 Å². The summed E-state index contributed by atoms with van der Waals surface area (Å²) in [5.74, 6) is 0. The number of urea groups is 1. The van der Waals surface area contributed by atoms with Gasteiger partial charge in [0.2, 0.25) is 0 Å². The molecule has 2 amide bonds. The highest BCUT2D eigenvalue weighted by Gasteiger charge is 2.32. The molecule has 1 N–H and O–H groups in total. The molecule has 1 rings (SSSR count). The molecule has 0 heterocycles. The Balaban J connectivity index is 2.95. The van der Waals surface area contributed by atoms with Gasteiger partial charge in [-0.25, -0.2) is 4.79 Å². The van der Waals surface area contributed by atoms with Gasteiger partial charge in [-0.15, -0.1) is 0 Å². The van der Waals surface area contributed by atoms with Crippen LogP contribution in [0.3, 0.4) is 0 Å². The van der Waals surface area contributed by atoms with E-state index in [2.05, 4.69) is 5.32 Å². The minimum atomic E-state index is -4.42. The molecule has 6 heteroatoms. The second kappa shape index (κ2) is 5.95. The van der Waals surface area contributed by atoms with E-state index in [0.717, 1.165) is 6.07 Å². The fourth-order valence-corrected chi connectivity index (χ4v) is 1.72. The third kappa shape index (κ3) is 3.87. The predicted octanol–water partition coefficient (Wildman–Crippen LogP) is 3.89. The van der Waals surface area contributed by atoms with Crippen LogP contribution in [0.2, 0.25) is 0 Å². The number of alkyl halides is 3. The van der Waals surface area contributed by atoms with Crippen molar-refractivity contribution in [2.24, 2.45) is 0 Å². The van der Waals surface area contributed by atoms with Crippen molar-refractivity contribution in [1.82, 2.24) is 4.90 Å². The van der Waals surface area contributed by atoms with Gasteiger partial charge >= 0.3 is 12.2 Å². The molecular formula is C13H17F3N2O. The van der Waals surface area contributed by atoms with Crippen LogP contribution < -0.4 is 5.32 Å². The molecule has 0 aliphatic carbocycles. The van der Waals surface area contributed by atoms with Crippen LogP contribution in [0.25, 0.3) is 0 Å². The van der Waals surface area contributed by atoms with E-state index in [1.807, 2.05) is 0 Å². The Morgan fingerprint density at radius 1 is 1.26 bits per heavy atom. The summed E-state index contributed by atoms with van der Waals surface area (Å²) in [5.41, 5.74) is -0.451. The van der Waals surface area contributed by atoms with Gasteiger partial charge in [-0.05, 0) is 38.5 Å². The Kier molecular flexibility index (Phi) is 4.80. The van der Waals surface area contributed by atoms with Gasteiger partial charge in [-0.1, -0.05) is 6.07 Å². The lowest BCUT2D eigenvalue weighted by atomic mass is 10.1. The summed E-state index contributed by atoms with van der Waals surface area (Å²) < 4.78 is 38.2. The van der Waals surface area contributed by atoms with Crippen molar-refractivity contribution in [3.8, 4) is 0 Å². The second-order valence-electron chi connectivity index (χ2n) is 4.13. The molecule has 0 aliphatic rings. The minimum absolute atomic E-state index is 0.133. The zero-order valence-corrected chi connectivity index (χ0v) is 11.1. The number of nitrogens with one attached hydrogen (secondary N) is 1. The van der Waals surface area contributed by atoms with Gasteiger partial charge in [-0.2, -0.15) is 13.2 Å². The van der Waals surface area contributed by atoms with E-state index >= 15 is 0 Å². The molecule has 0 aliphatic heterocycles. The Labute approximate surface area is 110 Å². The van der Waals surface area contributed by atoms with E-state index in [1.54, 1.807) is 13.8 Å². The average Bonchev–Trinajstić information content (AvgIpc) is 2.31. The first-order chi connectivity index (χ1) is 8.79. The zero-order chi connectivity index (χ0) is 14.6. The van der Waals surface area contributed by atoms with Crippen LogP contribution in [-0.4, -0.2) is 24.0 Å². The molecule has 106 valence electrons. The van der Waals surface area contributed by atoms with Gasteiger partial charge in [0.25, 0.3) is 0 Å². The molecule has 0 saturated heterocycles. The van der Waals surface area contributed by atoms with Crippen molar-refractivity contribution < 1.29 is 18.0 Å². The van der Waals surface area contributed by atoms with E-state index in [4.69, 9.17) is 0 Å². The molecule has 1 aromatic carbocycles. The summed E-state index contributed by atoms with van der Waals surface area (Å²) in [6.45, 7) is 6.00. The molecule has 19 heavy (non-hydrogen) atoms. The number of carbonyl (C=O) groups is 1. The minimum Gasteiger partial charge on any atom is -0.325 e. The number of hydrogen-bond donors (Lipinski definition) is 1. The van der Waals surface area contributed by atoms with Crippen LogP contribution in [0.1, 0.15) is 25.0 Å². The summed E-state index contributed by atoms with van der Waals surface area (Å²) in [6, 6.07) is 3.37. The van der Waals surface area contributed by atoms with Crippen LogP contribution in [0.4, 0.5) is 23.7 Å². The second-order valence-corrected chi connectivity index (χ2v) is 4.13. The number of rotatable bonds is 3. The molecular weight excluding hydrogens is 257 g/mol. The van der Waals surface area contributed by atoms with E-state index < -0.39 is 17.8 Å². The molecule has 0 bridgehead atoms. The van der Waals surface area contributed by atoms with Crippen LogP contribution in [-0.2, 0) is 6.18 Å². The maximum absolute atomic E-state index is 12.7. The SMILES string of the molecule is CCN(CC)C(=O)Nc1ccc(C)c(C(F)(F)F)c1. The van der Waals surface area contributed by atoms with Crippen molar-refractivity contribution in [1.29, 1.82) is 0 Å². The summed E-state index contributed by atoms with van der Waals surface area (Å²) in [5, 5.41) is 2.47. The first kappa shape index (κ1) is 15.3. The number of anilines is 1. The summed E-state index contributed by atoms with van der Waals surface area (Å²) in [6.07, 6.45) is -4.42. The summed E-state index contributed by atoms with van der Waals surface area (Å²) in [7, 11) is 0. The van der Waals surface area contributed by atoms with Crippen molar-refractivity contribution >= 4 is 11.7 Å². The molecule has 1 aromatic rings. The van der Waals surface area contributed by atoms with Crippen LogP contribution >= 0.6 is 0 Å². The Hall–Kier alpha value is -1.72. The van der Waals surface area contributed by atoms with Crippen molar-refractivity contribution in [2.45, 2.75) is 26.9 Å². The number of nitrogens with zero attached hydrogens (tertiary/aromatic N) is 1. The van der Waals surface area contributed by atoms with Gasteiger partial charge in [0.05, 0.1) is 5.56 Å². The summed E-state index contributed by atoms with van der Waals surface area (Å²) >= 11 is 0. The fourth-order valence-electron chi connectivity index (χ4n) is 1.72. The van der Waals surface area contributed by atoms with Crippen molar-refractivity contribution in [3.63, 3.8) is 0 Å². The van der Waals surface area contributed by atoms with Gasteiger partial charge in [-0.3, -0.25) is 0 Å². The Morgan fingerprint density at radius 3 is 2.32 bits per heavy atom. The Morgan fingerprint density at radius 2 is 1.84 bits per heavy atom. The predicted molar refractivity (Wildman–Crippen MR) is 68.1 cm³/mol. The maximum Gasteiger partial charge on any atom is 0.416 e. The lowest BCUT2D eigenvalue weighted by Crippen LogP contribution is -2.34. The maximum atomic E-state index is 12.7. The number of carbonyl (C=O) groups excluding carboxylic acids is 1. The van der Waals surface area contributed by atoms with Crippen molar-refractivity contribution in [2.75, 3.05) is 18.4 Å². The molecule has 0 fully saturated rings. The van der Waals surface area contributed by atoms with Crippen molar-refractivity contribution in [3.05, 3.63) is 29.3 Å². The van der Waals surface area contributed by atoms with Crippen LogP contribution in [0, 0.1) is 6.92 Å². The lowest BCUT2D eigenvalue weighted by molar-refractivity contribution is -0.138. The number of halogens is 3. The number of hydrogen-bond acceptors (Lipinski definition) is 1. The molecule has 0 saturated carbocycles. The molecule has 0 radical (unpaired) electrons. The smallest absolute Gasteiger partial charge is 0.325 e. The highest BCUT2D eigenvalue weighted by atomic mass is 19.4. The standard InChI is InChI=1S/C13H17F3N2O/c1-4-18(5-2)12(19)17-10-7-6-9(3)11(8-10)13(14,15)16/h6-8H,4-5H2,1-3H3,(H,17,19). The van der Waals surface area contributed by atoms with Gasteiger partial charge in [0.1, 0.15) is 0 Å². The van der Waals surface area contributed by atoms with E-state index in [9.17, 15) is 18.0 Å². The quantitative estimate of drug-likeness (QED) is 0.891. The van der Waals surface area contributed by atoms with Crippen LogP contribution in [0.15, 0.2) is 18.2 Å². The first-order valence-corrected chi connectivity index (χ1v) is 6.03. The third-order valence-corrected chi connectivity index (χ3v) is 2.84. The number of aryl methyl sites for hydroxylation is 1. The number of benzene rings is 1. The first-order valence-electron chi connectivity index (χ1n) is 6.03. The highest BCUT2D eigenvalue weighted by molar-refractivity contribution is 5.89. The van der Waals surface area contributed by atoms with E-state index in [-0.39, 0.29) is 11.3 Å². The van der Waals surface area contributed by atoms with Gasteiger partial charge in [0.15, 0.2) is 0 Å². The van der Waals surface area contributed by atoms with Crippen LogP contribution in [0.5, 0.6) is 0 Å². The fraction of sp³-hybridized carbons (Fsp3) is 0.462. The highest BCUT2D eigenvalue weighted by Crippen LogP contribution is 2.33.